The van der Waals surface area contributed by atoms with Gasteiger partial charge in [-0.25, -0.2) is 4.98 Å². The predicted molar refractivity (Wildman–Crippen MR) is 127 cm³/mol. The number of aryl methyl sites for hydroxylation is 2. The Morgan fingerprint density at radius 2 is 1.88 bits per heavy atom. The van der Waals surface area contributed by atoms with Gasteiger partial charge in [-0.1, -0.05) is 27.7 Å². The SMILES string of the molecule is CC(C)CC(C(=O)N1CCC(CCc2nccn2C)CC1)N1CCN[C@@H](CC(C)C)C1=O. The molecule has 0 aromatic carbocycles. The first-order chi connectivity index (χ1) is 15.3. The molecule has 32 heavy (non-hydrogen) atoms. The summed E-state index contributed by atoms with van der Waals surface area (Å²) in [6.45, 7) is 11.6. The topological polar surface area (TPSA) is 70.5 Å². The molecule has 2 atom stereocenters. The molecule has 2 saturated heterocycles. The van der Waals surface area contributed by atoms with Crippen LogP contribution in [0, 0.1) is 17.8 Å². The number of likely N-dealkylation sites (tertiary alicyclic amines) is 1. The third kappa shape index (κ3) is 6.33. The summed E-state index contributed by atoms with van der Waals surface area (Å²) < 4.78 is 2.09. The molecule has 0 aliphatic carbocycles. The van der Waals surface area contributed by atoms with Crippen LogP contribution in [0.2, 0.25) is 0 Å². The Kier molecular flexibility index (Phi) is 8.74. The first-order valence-corrected chi connectivity index (χ1v) is 12.5. The standard InChI is InChI=1S/C25H43N5O2/c1-18(2)16-21-24(31)30(15-11-26-21)22(17-19(3)4)25(32)29-12-8-20(9-13-29)6-7-23-27-10-14-28(23)5/h10,14,18-22,26H,6-9,11-13,15-17H2,1-5H3/t21-,22?/m0/s1. The molecule has 0 spiro atoms. The molecule has 1 aromatic rings. The molecule has 2 amide bonds. The van der Waals surface area contributed by atoms with Crippen LogP contribution in [-0.2, 0) is 23.1 Å². The van der Waals surface area contributed by atoms with Crippen molar-refractivity contribution in [3.8, 4) is 0 Å². The number of hydrogen-bond donors (Lipinski definition) is 1. The Hall–Kier alpha value is -1.89. The van der Waals surface area contributed by atoms with Crippen LogP contribution < -0.4 is 5.32 Å². The average Bonchev–Trinajstić information content (AvgIpc) is 3.16. The van der Waals surface area contributed by atoms with Crippen LogP contribution >= 0.6 is 0 Å². The molecule has 7 heteroatoms. The van der Waals surface area contributed by atoms with Gasteiger partial charge < -0.3 is 19.7 Å². The number of hydrogen-bond acceptors (Lipinski definition) is 4. The van der Waals surface area contributed by atoms with Gasteiger partial charge in [0, 0.05) is 52.0 Å². The van der Waals surface area contributed by atoms with E-state index >= 15 is 0 Å². The molecule has 0 saturated carbocycles. The molecule has 3 rings (SSSR count). The molecule has 2 aliphatic heterocycles. The molecule has 2 fully saturated rings. The van der Waals surface area contributed by atoms with Gasteiger partial charge in [0.25, 0.3) is 0 Å². The number of piperazine rings is 1. The van der Waals surface area contributed by atoms with Crippen LogP contribution in [0.1, 0.15) is 65.6 Å². The number of imidazole rings is 1. The fraction of sp³-hybridized carbons (Fsp3) is 0.800. The molecule has 0 radical (unpaired) electrons. The lowest BCUT2D eigenvalue weighted by Gasteiger charge is -2.42. The van der Waals surface area contributed by atoms with Crippen molar-refractivity contribution >= 4 is 11.8 Å². The van der Waals surface area contributed by atoms with E-state index < -0.39 is 0 Å². The minimum absolute atomic E-state index is 0.105. The minimum Gasteiger partial charge on any atom is -0.341 e. The Bertz CT molecular complexity index is 751. The van der Waals surface area contributed by atoms with Gasteiger partial charge in [0.05, 0.1) is 6.04 Å². The van der Waals surface area contributed by atoms with Crippen LogP contribution in [0.15, 0.2) is 12.4 Å². The van der Waals surface area contributed by atoms with Crippen molar-refractivity contribution in [3.05, 3.63) is 18.2 Å². The lowest BCUT2D eigenvalue weighted by molar-refractivity contribution is -0.150. The van der Waals surface area contributed by atoms with E-state index in [9.17, 15) is 9.59 Å². The fourth-order valence-electron chi connectivity index (χ4n) is 5.15. The highest BCUT2D eigenvalue weighted by Gasteiger charge is 2.39. The first kappa shape index (κ1) is 24.7. The monoisotopic (exact) mass is 445 g/mol. The maximum Gasteiger partial charge on any atom is 0.245 e. The van der Waals surface area contributed by atoms with Crippen LogP contribution in [0.5, 0.6) is 0 Å². The molecule has 7 nitrogen and oxygen atoms in total. The Labute approximate surface area is 193 Å². The highest BCUT2D eigenvalue weighted by atomic mass is 16.2. The van der Waals surface area contributed by atoms with Gasteiger partial charge in [-0.2, -0.15) is 0 Å². The normalized spacial score (nSPS) is 21.6. The van der Waals surface area contributed by atoms with Crippen LogP contribution in [-0.4, -0.2) is 69.4 Å². The summed E-state index contributed by atoms with van der Waals surface area (Å²) in [5.74, 6) is 2.84. The Morgan fingerprint density at radius 1 is 1.16 bits per heavy atom. The van der Waals surface area contributed by atoms with E-state index in [1.807, 2.05) is 29.2 Å². The van der Waals surface area contributed by atoms with Crippen molar-refractivity contribution in [2.24, 2.45) is 24.8 Å². The number of rotatable bonds is 9. The summed E-state index contributed by atoms with van der Waals surface area (Å²) in [6.07, 6.45) is 9.59. The van der Waals surface area contributed by atoms with Crippen molar-refractivity contribution in [2.45, 2.75) is 78.3 Å². The zero-order valence-electron chi connectivity index (χ0n) is 20.7. The number of amides is 2. The van der Waals surface area contributed by atoms with Crippen molar-refractivity contribution in [1.29, 1.82) is 0 Å². The van der Waals surface area contributed by atoms with E-state index in [0.29, 0.717) is 24.3 Å². The number of nitrogens with one attached hydrogen (secondary N) is 1. The second-order valence-electron chi connectivity index (χ2n) is 10.6. The molecule has 0 bridgehead atoms. The van der Waals surface area contributed by atoms with Crippen LogP contribution in [0.4, 0.5) is 0 Å². The van der Waals surface area contributed by atoms with E-state index in [1.165, 1.54) is 0 Å². The molecule has 1 aromatic heterocycles. The highest BCUT2D eigenvalue weighted by molar-refractivity contribution is 5.90. The number of nitrogens with zero attached hydrogens (tertiary/aromatic N) is 4. The summed E-state index contributed by atoms with van der Waals surface area (Å²) >= 11 is 0. The summed E-state index contributed by atoms with van der Waals surface area (Å²) in [5.41, 5.74) is 0. The van der Waals surface area contributed by atoms with Crippen molar-refractivity contribution in [2.75, 3.05) is 26.2 Å². The number of carbonyl (C=O) groups is 2. The molecule has 1 unspecified atom stereocenters. The van der Waals surface area contributed by atoms with Crippen molar-refractivity contribution < 1.29 is 9.59 Å². The van der Waals surface area contributed by atoms with E-state index in [2.05, 4.69) is 42.6 Å². The van der Waals surface area contributed by atoms with E-state index in [4.69, 9.17) is 0 Å². The minimum atomic E-state index is -0.330. The second kappa shape index (κ2) is 11.3. The summed E-state index contributed by atoms with van der Waals surface area (Å²) in [7, 11) is 2.04. The summed E-state index contributed by atoms with van der Waals surface area (Å²) in [6, 6.07) is -0.494. The largest absolute Gasteiger partial charge is 0.341 e. The Morgan fingerprint density at radius 3 is 2.47 bits per heavy atom. The molecular formula is C25H43N5O2. The van der Waals surface area contributed by atoms with Gasteiger partial charge in [0.2, 0.25) is 11.8 Å². The van der Waals surface area contributed by atoms with Gasteiger partial charge in [-0.05, 0) is 49.9 Å². The second-order valence-corrected chi connectivity index (χ2v) is 10.6. The zero-order chi connectivity index (χ0) is 23.3. The molecular weight excluding hydrogens is 402 g/mol. The summed E-state index contributed by atoms with van der Waals surface area (Å²) in [4.78, 5) is 35.2. The van der Waals surface area contributed by atoms with Crippen molar-refractivity contribution in [1.82, 2.24) is 24.7 Å². The van der Waals surface area contributed by atoms with E-state index in [0.717, 1.165) is 64.0 Å². The lowest BCUT2D eigenvalue weighted by atomic mass is 9.91. The van der Waals surface area contributed by atoms with Gasteiger partial charge in [0.15, 0.2) is 0 Å². The van der Waals surface area contributed by atoms with Gasteiger partial charge >= 0.3 is 0 Å². The number of carbonyl (C=O) groups excluding carboxylic acids is 2. The number of piperidine rings is 1. The third-order valence-corrected chi connectivity index (χ3v) is 7.01. The summed E-state index contributed by atoms with van der Waals surface area (Å²) in [5, 5.41) is 3.37. The van der Waals surface area contributed by atoms with Crippen LogP contribution in [0.25, 0.3) is 0 Å². The van der Waals surface area contributed by atoms with E-state index in [1.54, 1.807) is 0 Å². The maximum absolute atomic E-state index is 13.6. The van der Waals surface area contributed by atoms with Gasteiger partial charge in [0.1, 0.15) is 11.9 Å². The van der Waals surface area contributed by atoms with E-state index in [-0.39, 0.29) is 23.9 Å². The maximum atomic E-state index is 13.6. The molecule has 2 aliphatic rings. The molecule has 180 valence electrons. The highest BCUT2D eigenvalue weighted by Crippen LogP contribution is 2.25. The van der Waals surface area contributed by atoms with Crippen LogP contribution in [0.3, 0.4) is 0 Å². The number of aromatic nitrogens is 2. The smallest absolute Gasteiger partial charge is 0.245 e. The zero-order valence-corrected chi connectivity index (χ0v) is 20.7. The average molecular weight is 446 g/mol. The predicted octanol–water partition coefficient (Wildman–Crippen LogP) is 2.85. The van der Waals surface area contributed by atoms with Crippen molar-refractivity contribution in [3.63, 3.8) is 0 Å². The first-order valence-electron chi connectivity index (χ1n) is 12.5. The van der Waals surface area contributed by atoms with Gasteiger partial charge in [-0.15, -0.1) is 0 Å². The Balaban J connectivity index is 1.58. The third-order valence-electron chi connectivity index (χ3n) is 7.01. The molecule has 3 heterocycles. The molecule has 1 N–H and O–H groups in total. The quantitative estimate of drug-likeness (QED) is 0.635. The lowest BCUT2D eigenvalue weighted by Crippen LogP contribution is -2.62. The fourth-order valence-corrected chi connectivity index (χ4v) is 5.15. The van der Waals surface area contributed by atoms with Gasteiger partial charge in [-0.3, -0.25) is 9.59 Å².